The lowest BCUT2D eigenvalue weighted by Gasteiger charge is -2.04. The molecule has 10 heteroatoms. The summed E-state index contributed by atoms with van der Waals surface area (Å²) in [7, 11) is -1.94. The highest BCUT2D eigenvalue weighted by atomic mass is 32.2. The Morgan fingerprint density at radius 1 is 1.07 bits per heavy atom. The molecule has 0 unspecified atom stereocenters. The van der Waals surface area contributed by atoms with Crippen molar-refractivity contribution in [2.24, 2.45) is 12.2 Å². The summed E-state index contributed by atoms with van der Waals surface area (Å²) in [5, 5.41) is 13.4. The van der Waals surface area contributed by atoms with Crippen LogP contribution in [0.2, 0.25) is 0 Å². The second-order valence-electron chi connectivity index (χ2n) is 6.75. The number of aromatic nitrogens is 4. The van der Waals surface area contributed by atoms with E-state index in [0.717, 1.165) is 11.3 Å². The Labute approximate surface area is 172 Å². The Balaban J connectivity index is 1.57. The largest absolute Gasteiger partial charge is 0.333 e. The molecule has 0 radical (unpaired) electrons. The maximum atomic E-state index is 13.1. The van der Waals surface area contributed by atoms with Gasteiger partial charge in [0.05, 0.1) is 22.3 Å². The summed E-state index contributed by atoms with van der Waals surface area (Å²) in [5.74, 6) is 0.359. The van der Waals surface area contributed by atoms with Crippen LogP contribution in [0.15, 0.2) is 64.1 Å². The van der Waals surface area contributed by atoms with E-state index in [1.807, 2.05) is 7.05 Å². The second-order valence-corrected chi connectivity index (χ2v) is 8.31. The molecule has 0 saturated heterocycles. The van der Waals surface area contributed by atoms with E-state index in [1.54, 1.807) is 35.1 Å². The van der Waals surface area contributed by atoms with E-state index in [1.165, 1.54) is 24.3 Å². The molecular weight excluding hydrogens is 409 g/mol. The molecule has 0 atom stereocenters. The number of sulfonamides is 1. The lowest BCUT2D eigenvalue weighted by atomic mass is 10.1. The number of hydrogen-bond donors (Lipinski definition) is 1. The van der Waals surface area contributed by atoms with E-state index in [4.69, 9.17) is 9.66 Å². The number of nitrogens with zero attached hydrogens (tertiary/aromatic N) is 4. The van der Waals surface area contributed by atoms with Gasteiger partial charge in [-0.15, -0.1) is 0 Å². The summed E-state index contributed by atoms with van der Waals surface area (Å²) in [4.78, 5) is 4.43. The highest BCUT2D eigenvalue weighted by Crippen LogP contribution is 2.26. The third-order valence-electron chi connectivity index (χ3n) is 4.72. The number of benzene rings is 2. The lowest BCUT2D eigenvalue weighted by molar-refractivity contribution is 0.432. The molecule has 0 aliphatic rings. The molecule has 4 aromatic rings. The fourth-order valence-corrected chi connectivity index (χ4v) is 3.61. The molecule has 154 valence electrons. The zero-order valence-electron chi connectivity index (χ0n) is 16.0. The molecule has 0 aliphatic heterocycles. The first kappa shape index (κ1) is 19.9. The monoisotopic (exact) mass is 427 g/mol. The predicted octanol–water partition coefficient (Wildman–Crippen LogP) is 2.71. The molecule has 2 aromatic heterocycles. The van der Waals surface area contributed by atoms with Gasteiger partial charge in [-0.2, -0.15) is 10.1 Å². The first-order valence-electron chi connectivity index (χ1n) is 9.04. The molecule has 30 heavy (non-hydrogen) atoms. The first-order valence-corrected chi connectivity index (χ1v) is 10.6. The van der Waals surface area contributed by atoms with Gasteiger partial charge >= 0.3 is 0 Å². The Morgan fingerprint density at radius 3 is 2.43 bits per heavy atom. The van der Waals surface area contributed by atoms with Crippen LogP contribution in [0.4, 0.5) is 4.39 Å². The molecule has 4 rings (SSSR count). The highest BCUT2D eigenvalue weighted by molar-refractivity contribution is 7.89. The van der Waals surface area contributed by atoms with Crippen molar-refractivity contribution >= 4 is 10.0 Å². The second kappa shape index (κ2) is 7.81. The Hall–Kier alpha value is -3.37. The summed E-state index contributed by atoms with van der Waals surface area (Å²) < 4.78 is 43.0. The fourth-order valence-electron chi connectivity index (χ4n) is 3.10. The van der Waals surface area contributed by atoms with Gasteiger partial charge < -0.3 is 4.52 Å². The number of rotatable bonds is 6. The lowest BCUT2D eigenvalue weighted by Crippen LogP contribution is -2.11. The van der Waals surface area contributed by atoms with E-state index < -0.39 is 10.0 Å². The van der Waals surface area contributed by atoms with Gasteiger partial charge in [0.1, 0.15) is 5.82 Å². The number of halogens is 1. The molecule has 0 spiro atoms. The number of nitrogens with two attached hydrogens (primary N) is 1. The van der Waals surface area contributed by atoms with Crippen molar-refractivity contribution in [1.82, 2.24) is 19.9 Å². The van der Waals surface area contributed by atoms with E-state index in [-0.39, 0.29) is 10.7 Å². The van der Waals surface area contributed by atoms with Crippen molar-refractivity contribution in [2.45, 2.75) is 17.7 Å². The summed E-state index contributed by atoms with van der Waals surface area (Å²) in [6.07, 6.45) is 3.00. The zero-order chi connectivity index (χ0) is 21.3. The van der Waals surface area contributed by atoms with Crippen molar-refractivity contribution < 1.29 is 17.3 Å². The standard InChI is InChI=1S/C20H18FN5O3S/c1-26-18(11-4-13-2-7-15(21)8-3-13)17(12-23-26)20-24-19(25-29-20)14-5-9-16(10-6-14)30(22,27)28/h2-3,5-10,12H,4,11H2,1H3,(H2,22,27,28). The SMILES string of the molecule is Cn1ncc(-c2nc(-c3ccc(S(N)(=O)=O)cc3)no2)c1CCc1ccc(F)cc1. The zero-order valence-corrected chi connectivity index (χ0v) is 16.8. The van der Waals surface area contributed by atoms with Gasteiger partial charge in [0.15, 0.2) is 0 Å². The quantitative estimate of drug-likeness (QED) is 0.506. The van der Waals surface area contributed by atoms with E-state index in [9.17, 15) is 12.8 Å². The van der Waals surface area contributed by atoms with Crippen molar-refractivity contribution in [3.8, 4) is 22.8 Å². The Kier molecular flexibility index (Phi) is 5.18. The van der Waals surface area contributed by atoms with Crippen molar-refractivity contribution in [2.75, 3.05) is 0 Å². The molecule has 0 amide bonds. The molecule has 2 N–H and O–H groups in total. The van der Waals surface area contributed by atoms with Gasteiger partial charge in [0.25, 0.3) is 5.89 Å². The summed E-state index contributed by atoms with van der Waals surface area (Å²) in [6.45, 7) is 0. The smallest absolute Gasteiger partial charge is 0.261 e. The summed E-state index contributed by atoms with van der Waals surface area (Å²) >= 11 is 0. The average Bonchev–Trinajstić information content (AvgIpc) is 3.34. The van der Waals surface area contributed by atoms with Crippen LogP contribution in [-0.2, 0) is 29.9 Å². The normalized spacial score (nSPS) is 11.7. The number of primary sulfonamides is 1. The fraction of sp³-hybridized carbons (Fsp3) is 0.150. The molecule has 0 bridgehead atoms. The van der Waals surface area contributed by atoms with Gasteiger partial charge in [0.2, 0.25) is 15.8 Å². The first-order chi connectivity index (χ1) is 14.3. The maximum Gasteiger partial charge on any atom is 0.261 e. The maximum absolute atomic E-state index is 13.1. The average molecular weight is 427 g/mol. The Bertz CT molecular complexity index is 1280. The predicted molar refractivity (Wildman–Crippen MR) is 107 cm³/mol. The van der Waals surface area contributed by atoms with Gasteiger partial charge in [-0.1, -0.05) is 17.3 Å². The van der Waals surface area contributed by atoms with Crippen LogP contribution in [-0.4, -0.2) is 28.3 Å². The van der Waals surface area contributed by atoms with Crippen LogP contribution in [0.1, 0.15) is 11.3 Å². The molecule has 2 aromatic carbocycles. The van der Waals surface area contributed by atoms with Crippen LogP contribution in [0.5, 0.6) is 0 Å². The van der Waals surface area contributed by atoms with Crippen LogP contribution in [0.25, 0.3) is 22.8 Å². The molecule has 8 nitrogen and oxygen atoms in total. The van der Waals surface area contributed by atoms with Crippen molar-refractivity contribution in [1.29, 1.82) is 0 Å². The van der Waals surface area contributed by atoms with Gasteiger partial charge in [0, 0.05) is 12.6 Å². The van der Waals surface area contributed by atoms with Crippen molar-refractivity contribution in [3.05, 3.63) is 71.8 Å². The minimum Gasteiger partial charge on any atom is -0.333 e. The van der Waals surface area contributed by atoms with Crippen LogP contribution < -0.4 is 5.14 Å². The molecule has 0 aliphatic carbocycles. The van der Waals surface area contributed by atoms with Crippen LogP contribution in [0, 0.1) is 5.82 Å². The molecule has 0 fully saturated rings. The van der Waals surface area contributed by atoms with Gasteiger partial charge in [-0.3, -0.25) is 4.68 Å². The van der Waals surface area contributed by atoms with E-state index >= 15 is 0 Å². The van der Waals surface area contributed by atoms with Crippen LogP contribution >= 0.6 is 0 Å². The van der Waals surface area contributed by atoms with Crippen LogP contribution in [0.3, 0.4) is 0 Å². The van der Waals surface area contributed by atoms with Crippen molar-refractivity contribution in [3.63, 3.8) is 0 Å². The number of aryl methyl sites for hydroxylation is 2. The molecular formula is C20H18FN5O3S. The topological polar surface area (TPSA) is 117 Å². The minimum atomic E-state index is -3.77. The summed E-state index contributed by atoms with van der Waals surface area (Å²) in [6, 6.07) is 12.3. The third-order valence-corrected chi connectivity index (χ3v) is 5.65. The van der Waals surface area contributed by atoms with E-state index in [2.05, 4.69) is 15.2 Å². The minimum absolute atomic E-state index is 0.00491. The molecule has 0 saturated carbocycles. The summed E-state index contributed by atoms with van der Waals surface area (Å²) in [5.41, 5.74) is 3.21. The van der Waals surface area contributed by atoms with E-state index in [0.29, 0.717) is 35.7 Å². The van der Waals surface area contributed by atoms with Gasteiger partial charge in [-0.05, 0) is 54.8 Å². The third kappa shape index (κ3) is 4.14. The molecule has 2 heterocycles. The highest BCUT2D eigenvalue weighted by Gasteiger charge is 2.18. The van der Waals surface area contributed by atoms with Gasteiger partial charge in [-0.25, -0.2) is 17.9 Å². The number of hydrogen-bond acceptors (Lipinski definition) is 6. The Morgan fingerprint density at radius 2 is 1.77 bits per heavy atom.